The van der Waals surface area contributed by atoms with Gasteiger partial charge in [-0.1, -0.05) is 66.7 Å². The predicted molar refractivity (Wildman–Crippen MR) is 103 cm³/mol. The molecular formula is C20H18OS2. The first kappa shape index (κ1) is 15.0. The van der Waals surface area contributed by atoms with E-state index in [9.17, 15) is 0 Å². The normalized spacial score (nSPS) is 16.6. The van der Waals surface area contributed by atoms with Crippen molar-refractivity contribution in [2.75, 3.05) is 18.6 Å². The summed E-state index contributed by atoms with van der Waals surface area (Å²) in [7, 11) is 1.79. The van der Waals surface area contributed by atoms with Gasteiger partial charge in [0.25, 0.3) is 0 Å². The molecule has 1 heterocycles. The van der Waals surface area contributed by atoms with Crippen LogP contribution in [-0.4, -0.2) is 18.6 Å². The number of hydrogen-bond donors (Lipinski definition) is 0. The highest BCUT2D eigenvalue weighted by molar-refractivity contribution is 8.20. The summed E-state index contributed by atoms with van der Waals surface area (Å²) in [5.74, 6) is 3.33. The molecule has 1 fully saturated rings. The molecule has 23 heavy (non-hydrogen) atoms. The third kappa shape index (κ3) is 2.43. The number of rotatable bonds is 3. The highest BCUT2D eigenvalue weighted by atomic mass is 32.2. The molecule has 0 bridgehead atoms. The summed E-state index contributed by atoms with van der Waals surface area (Å²) >= 11 is 4.03. The van der Waals surface area contributed by atoms with Crippen molar-refractivity contribution in [3.05, 3.63) is 77.9 Å². The second-order valence-corrected chi connectivity index (χ2v) is 8.42. The molecule has 0 N–H and O–H groups in total. The van der Waals surface area contributed by atoms with Crippen molar-refractivity contribution in [1.82, 2.24) is 0 Å². The van der Waals surface area contributed by atoms with Crippen molar-refractivity contribution < 1.29 is 4.74 Å². The van der Waals surface area contributed by atoms with E-state index < -0.39 is 0 Å². The number of hydrogen-bond acceptors (Lipinski definition) is 3. The van der Waals surface area contributed by atoms with E-state index in [4.69, 9.17) is 4.74 Å². The van der Waals surface area contributed by atoms with Gasteiger partial charge < -0.3 is 4.74 Å². The monoisotopic (exact) mass is 338 g/mol. The van der Waals surface area contributed by atoms with E-state index in [1.54, 1.807) is 7.11 Å². The minimum Gasteiger partial charge on any atom is -0.496 e. The molecule has 3 heteroatoms. The summed E-state index contributed by atoms with van der Waals surface area (Å²) in [6.45, 7) is 0. The summed E-state index contributed by atoms with van der Waals surface area (Å²) in [6, 6.07) is 23.7. The summed E-state index contributed by atoms with van der Waals surface area (Å²) in [4.78, 5) is 0. The largest absolute Gasteiger partial charge is 0.496 e. The summed E-state index contributed by atoms with van der Waals surface area (Å²) < 4.78 is 5.82. The number of benzene rings is 3. The molecule has 0 radical (unpaired) electrons. The van der Waals surface area contributed by atoms with Crippen molar-refractivity contribution in [2.24, 2.45) is 0 Å². The first-order chi connectivity index (χ1) is 11.3. The standard InChI is InChI=1S/C20H18OS2/c1-21-19-17-10-6-5-7-15(17)11-12-18(19)20(22-13-14-23-20)16-8-3-2-4-9-16/h2-12H,13-14H2,1H3. The maximum absolute atomic E-state index is 5.89. The van der Waals surface area contributed by atoms with Crippen LogP contribution in [0.3, 0.4) is 0 Å². The predicted octanol–water partition coefficient (Wildman–Crippen LogP) is 5.53. The van der Waals surface area contributed by atoms with Crippen molar-refractivity contribution in [3.63, 3.8) is 0 Å². The first-order valence-electron chi connectivity index (χ1n) is 7.75. The summed E-state index contributed by atoms with van der Waals surface area (Å²) in [6.07, 6.45) is 0. The Labute approximate surface area is 145 Å². The molecule has 0 aromatic heterocycles. The molecule has 1 nitrogen and oxygen atoms in total. The molecule has 0 spiro atoms. The molecule has 0 saturated carbocycles. The lowest BCUT2D eigenvalue weighted by atomic mass is 9.98. The molecule has 3 aromatic carbocycles. The molecule has 0 unspecified atom stereocenters. The third-order valence-electron chi connectivity index (χ3n) is 4.29. The Hall–Kier alpha value is -1.58. The van der Waals surface area contributed by atoms with Crippen molar-refractivity contribution in [2.45, 2.75) is 4.08 Å². The van der Waals surface area contributed by atoms with Crippen LogP contribution in [0.4, 0.5) is 0 Å². The summed E-state index contributed by atoms with van der Waals surface area (Å²) in [5, 5.41) is 2.42. The Morgan fingerprint density at radius 3 is 2.26 bits per heavy atom. The van der Waals surface area contributed by atoms with Crippen LogP contribution in [0.1, 0.15) is 11.1 Å². The number of fused-ring (bicyclic) bond motifs is 1. The van der Waals surface area contributed by atoms with Gasteiger partial charge in [0.2, 0.25) is 0 Å². The van der Waals surface area contributed by atoms with Gasteiger partial charge in [0, 0.05) is 22.5 Å². The van der Waals surface area contributed by atoms with Gasteiger partial charge in [-0.25, -0.2) is 0 Å². The van der Waals surface area contributed by atoms with Gasteiger partial charge in [0.05, 0.1) is 7.11 Å². The van der Waals surface area contributed by atoms with Gasteiger partial charge in [-0.05, 0) is 10.9 Å². The summed E-state index contributed by atoms with van der Waals surface area (Å²) in [5.41, 5.74) is 2.62. The minimum absolute atomic E-state index is 0.0728. The Morgan fingerprint density at radius 1 is 0.826 bits per heavy atom. The van der Waals surface area contributed by atoms with E-state index in [2.05, 4.69) is 66.7 Å². The van der Waals surface area contributed by atoms with Gasteiger partial charge in [-0.15, -0.1) is 23.5 Å². The lowest BCUT2D eigenvalue weighted by Gasteiger charge is -2.30. The maximum Gasteiger partial charge on any atom is 0.132 e. The van der Waals surface area contributed by atoms with Crippen LogP contribution in [0.2, 0.25) is 0 Å². The smallest absolute Gasteiger partial charge is 0.132 e. The zero-order chi connectivity index (χ0) is 15.7. The zero-order valence-corrected chi connectivity index (χ0v) is 14.6. The maximum atomic E-state index is 5.89. The average Bonchev–Trinajstić information content (AvgIpc) is 3.12. The molecule has 1 saturated heterocycles. The molecule has 0 amide bonds. The topological polar surface area (TPSA) is 9.23 Å². The van der Waals surface area contributed by atoms with Crippen LogP contribution < -0.4 is 4.74 Å². The first-order valence-corrected chi connectivity index (χ1v) is 9.72. The van der Waals surface area contributed by atoms with E-state index in [-0.39, 0.29) is 4.08 Å². The van der Waals surface area contributed by atoms with Crippen LogP contribution in [-0.2, 0) is 4.08 Å². The fourth-order valence-electron chi connectivity index (χ4n) is 3.27. The van der Waals surface area contributed by atoms with Crippen LogP contribution in [0.5, 0.6) is 5.75 Å². The van der Waals surface area contributed by atoms with Gasteiger partial charge in [0.15, 0.2) is 0 Å². The Bertz CT molecular complexity index is 823. The second-order valence-electron chi connectivity index (χ2n) is 5.55. The van der Waals surface area contributed by atoms with E-state index in [1.807, 2.05) is 23.5 Å². The Kier molecular flexibility index (Phi) is 4.00. The molecule has 116 valence electrons. The lowest BCUT2D eigenvalue weighted by molar-refractivity contribution is 0.414. The van der Waals surface area contributed by atoms with Gasteiger partial charge in [-0.2, -0.15) is 0 Å². The van der Waals surface area contributed by atoms with Crippen LogP contribution in [0.15, 0.2) is 66.7 Å². The van der Waals surface area contributed by atoms with Gasteiger partial charge in [-0.3, -0.25) is 0 Å². The molecule has 1 aliphatic rings. The fourth-order valence-corrected chi connectivity index (χ4v) is 6.58. The molecule has 0 atom stereocenters. The van der Waals surface area contributed by atoms with E-state index in [1.165, 1.54) is 21.9 Å². The third-order valence-corrected chi connectivity index (χ3v) is 7.79. The highest BCUT2D eigenvalue weighted by Gasteiger charge is 2.41. The van der Waals surface area contributed by atoms with E-state index >= 15 is 0 Å². The van der Waals surface area contributed by atoms with Gasteiger partial charge >= 0.3 is 0 Å². The number of ether oxygens (including phenoxy) is 1. The quantitative estimate of drug-likeness (QED) is 0.621. The van der Waals surface area contributed by atoms with Crippen molar-refractivity contribution in [3.8, 4) is 5.75 Å². The Morgan fingerprint density at radius 2 is 1.52 bits per heavy atom. The van der Waals surface area contributed by atoms with E-state index in [0.717, 1.165) is 17.3 Å². The molecule has 4 rings (SSSR count). The zero-order valence-electron chi connectivity index (χ0n) is 13.0. The van der Waals surface area contributed by atoms with E-state index in [0.29, 0.717) is 0 Å². The fraction of sp³-hybridized carbons (Fsp3) is 0.200. The van der Waals surface area contributed by atoms with Crippen LogP contribution in [0.25, 0.3) is 10.8 Å². The molecule has 0 aliphatic carbocycles. The molecular weight excluding hydrogens is 320 g/mol. The van der Waals surface area contributed by atoms with Crippen molar-refractivity contribution >= 4 is 34.3 Å². The van der Waals surface area contributed by atoms with Crippen LogP contribution >= 0.6 is 23.5 Å². The lowest BCUT2D eigenvalue weighted by Crippen LogP contribution is -2.17. The number of thioether (sulfide) groups is 2. The molecule has 3 aromatic rings. The SMILES string of the molecule is COc1c(C2(c3ccccc3)SCCS2)ccc2ccccc12. The minimum atomic E-state index is -0.0728. The van der Waals surface area contributed by atoms with Gasteiger partial charge in [0.1, 0.15) is 9.83 Å². The number of methoxy groups -OCH3 is 1. The average molecular weight is 338 g/mol. The second kappa shape index (κ2) is 6.14. The Balaban J connectivity index is 1.99. The highest BCUT2D eigenvalue weighted by Crippen LogP contribution is 2.59. The van der Waals surface area contributed by atoms with Crippen LogP contribution in [0, 0.1) is 0 Å². The molecule has 1 aliphatic heterocycles. The van der Waals surface area contributed by atoms with Crippen molar-refractivity contribution in [1.29, 1.82) is 0 Å².